The molecule has 0 aliphatic heterocycles. The number of aromatic nitrogens is 2. The Morgan fingerprint density at radius 1 is 1.15 bits per heavy atom. The molecule has 0 bridgehead atoms. The van der Waals surface area contributed by atoms with E-state index in [2.05, 4.69) is 14.7 Å². The molecule has 26 heavy (non-hydrogen) atoms. The van der Waals surface area contributed by atoms with Crippen LogP contribution in [0.1, 0.15) is 31.2 Å². The number of hydrogen-bond donors (Lipinski definition) is 1. The van der Waals surface area contributed by atoms with E-state index in [0.717, 1.165) is 31.2 Å². The second kappa shape index (κ2) is 8.01. The van der Waals surface area contributed by atoms with Crippen molar-refractivity contribution in [3.8, 4) is 11.6 Å². The Balaban J connectivity index is 1.57. The Kier molecular flexibility index (Phi) is 5.73. The SMILES string of the molecule is COc1ccc(S(=O)(=O)NC2CCC(Oc3cnccn3)CC2)cc1C. The number of nitrogens with one attached hydrogen (secondary N) is 1. The molecule has 2 aromatic rings. The molecule has 1 saturated carbocycles. The van der Waals surface area contributed by atoms with Crippen LogP contribution in [0.4, 0.5) is 0 Å². The van der Waals surface area contributed by atoms with Crippen molar-refractivity contribution in [1.82, 2.24) is 14.7 Å². The monoisotopic (exact) mass is 377 g/mol. The van der Waals surface area contributed by atoms with Crippen LogP contribution >= 0.6 is 0 Å². The smallest absolute Gasteiger partial charge is 0.240 e. The molecule has 1 aromatic heterocycles. The van der Waals surface area contributed by atoms with Crippen LogP contribution in [-0.2, 0) is 10.0 Å². The number of aryl methyl sites for hydroxylation is 1. The Labute approximate surface area is 153 Å². The fraction of sp³-hybridized carbons (Fsp3) is 0.444. The minimum Gasteiger partial charge on any atom is -0.496 e. The molecule has 0 amide bonds. The summed E-state index contributed by atoms with van der Waals surface area (Å²) in [5.41, 5.74) is 0.788. The summed E-state index contributed by atoms with van der Waals surface area (Å²) in [5, 5.41) is 0. The Hall–Kier alpha value is -2.19. The number of nitrogens with zero attached hydrogens (tertiary/aromatic N) is 2. The maximum Gasteiger partial charge on any atom is 0.240 e. The van der Waals surface area contributed by atoms with Gasteiger partial charge < -0.3 is 9.47 Å². The largest absolute Gasteiger partial charge is 0.496 e. The third-order valence-electron chi connectivity index (χ3n) is 4.50. The zero-order chi connectivity index (χ0) is 18.6. The van der Waals surface area contributed by atoms with Gasteiger partial charge in [0.2, 0.25) is 15.9 Å². The quantitative estimate of drug-likeness (QED) is 0.832. The molecule has 0 radical (unpaired) electrons. The van der Waals surface area contributed by atoms with E-state index in [4.69, 9.17) is 9.47 Å². The Morgan fingerprint density at radius 3 is 2.54 bits per heavy atom. The van der Waals surface area contributed by atoms with Gasteiger partial charge in [-0.05, 0) is 56.4 Å². The van der Waals surface area contributed by atoms with E-state index < -0.39 is 10.0 Å². The van der Waals surface area contributed by atoms with Crippen molar-refractivity contribution in [2.24, 2.45) is 0 Å². The minimum atomic E-state index is -3.55. The van der Waals surface area contributed by atoms with Crippen molar-refractivity contribution >= 4 is 10.0 Å². The lowest BCUT2D eigenvalue weighted by molar-refractivity contribution is 0.138. The van der Waals surface area contributed by atoms with E-state index >= 15 is 0 Å². The first-order valence-corrected chi connectivity index (χ1v) is 10.1. The molecule has 0 spiro atoms. The second-order valence-corrected chi connectivity index (χ2v) is 8.10. The topological polar surface area (TPSA) is 90.4 Å². The van der Waals surface area contributed by atoms with E-state index in [-0.39, 0.29) is 17.0 Å². The van der Waals surface area contributed by atoms with Gasteiger partial charge in [0.25, 0.3) is 0 Å². The van der Waals surface area contributed by atoms with Gasteiger partial charge in [0.15, 0.2) is 0 Å². The molecule has 1 aromatic carbocycles. The van der Waals surface area contributed by atoms with Crippen LogP contribution in [0, 0.1) is 6.92 Å². The summed E-state index contributed by atoms with van der Waals surface area (Å²) in [4.78, 5) is 8.34. The van der Waals surface area contributed by atoms with Crippen LogP contribution in [0.2, 0.25) is 0 Å². The van der Waals surface area contributed by atoms with Gasteiger partial charge in [0.1, 0.15) is 11.9 Å². The van der Waals surface area contributed by atoms with Gasteiger partial charge in [-0.1, -0.05) is 0 Å². The summed E-state index contributed by atoms with van der Waals surface area (Å²) in [6.45, 7) is 1.83. The first-order valence-electron chi connectivity index (χ1n) is 8.57. The Morgan fingerprint density at radius 2 is 1.92 bits per heavy atom. The average Bonchev–Trinajstić information content (AvgIpc) is 2.64. The molecule has 8 heteroatoms. The molecule has 3 rings (SSSR count). The summed E-state index contributed by atoms with van der Waals surface area (Å²) in [6.07, 6.45) is 7.79. The predicted molar refractivity (Wildman–Crippen MR) is 96.8 cm³/mol. The van der Waals surface area contributed by atoms with Crippen LogP contribution in [0.25, 0.3) is 0 Å². The molecular weight excluding hydrogens is 354 g/mol. The van der Waals surface area contributed by atoms with Crippen LogP contribution in [0.3, 0.4) is 0 Å². The summed E-state index contributed by atoms with van der Waals surface area (Å²) in [6, 6.07) is 4.78. The van der Waals surface area contributed by atoms with E-state index in [9.17, 15) is 8.42 Å². The van der Waals surface area contributed by atoms with Gasteiger partial charge in [0, 0.05) is 18.4 Å². The zero-order valence-corrected chi connectivity index (χ0v) is 15.7. The lowest BCUT2D eigenvalue weighted by Crippen LogP contribution is -2.39. The number of hydrogen-bond acceptors (Lipinski definition) is 6. The first kappa shape index (κ1) is 18.6. The highest BCUT2D eigenvalue weighted by Crippen LogP contribution is 2.25. The molecule has 1 N–H and O–H groups in total. The minimum absolute atomic E-state index is 0.0377. The van der Waals surface area contributed by atoms with Crippen molar-refractivity contribution in [2.45, 2.75) is 49.6 Å². The van der Waals surface area contributed by atoms with Crippen LogP contribution in [0.5, 0.6) is 11.6 Å². The summed E-state index contributed by atoms with van der Waals surface area (Å²) >= 11 is 0. The highest BCUT2D eigenvalue weighted by molar-refractivity contribution is 7.89. The number of sulfonamides is 1. The number of methoxy groups -OCH3 is 1. The van der Waals surface area contributed by atoms with Crippen molar-refractivity contribution in [3.63, 3.8) is 0 Å². The summed E-state index contributed by atoms with van der Waals surface area (Å²) in [7, 11) is -1.99. The van der Waals surface area contributed by atoms with E-state index in [0.29, 0.717) is 11.6 Å². The third kappa shape index (κ3) is 4.50. The van der Waals surface area contributed by atoms with Crippen LogP contribution in [-0.4, -0.2) is 37.6 Å². The maximum absolute atomic E-state index is 12.6. The maximum atomic E-state index is 12.6. The Bertz CT molecular complexity index is 835. The highest BCUT2D eigenvalue weighted by Gasteiger charge is 2.27. The molecule has 1 heterocycles. The fourth-order valence-electron chi connectivity index (χ4n) is 3.12. The molecule has 0 unspecified atom stereocenters. The normalized spacial score (nSPS) is 20.5. The van der Waals surface area contributed by atoms with Gasteiger partial charge >= 0.3 is 0 Å². The van der Waals surface area contributed by atoms with E-state index in [1.165, 1.54) is 0 Å². The number of ether oxygens (including phenoxy) is 2. The molecule has 7 nitrogen and oxygen atoms in total. The molecule has 1 aliphatic rings. The van der Waals surface area contributed by atoms with Gasteiger partial charge in [0.05, 0.1) is 18.2 Å². The third-order valence-corrected chi connectivity index (χ3v) is 6.02. The van der Waals surface area contributed by atoms with Gasteiger partial charge in [-0.15, -0.1) is 0 Å². The van der Waals surface area contributed by atoms with Crippen molar-refractivity contribution in [1.29, 1.82) is 0 Å². The lowest BCUT2D eigenvalue weighted by Gasteiger charge is -2.29. The summed E-state index contributed by atoms with van der Waals surface area (Å²) < 4.78 is 39.0. The lowest BCUT2D eigenvalue weighted by atomic mass is 9.94. The zero-order valence-electron chi connectivity index (χ0n) is 14.9. The predicted octanol–water partition coefficient (Wildman–Crippen LogP) is 2.46. The first-order chi connectivity index (χ1) is 12.5. The van der Waals surface area contributed by atoms with E-state index in [1.54, 1.807) is 43.9 Å². The van der Waals surface area contributed by atoms with Gasteiger partial charge in [-0.25, -0.2) is 18.1 Å². The number of rotatable bonds is 6. The molecular formula is C18H23N3O4S. The summed E-state index contributed by atoms with van der Waals surface area (Å²) in [5.74, 6) is 1.18. The number of benzene rings is 1. The van der Waals surface area contributed by atoms with Gasteiger partial charge in [-0.2, -0.15) is 0 Å². The van der Waals surface area contributed by atoms with E-state index in [1.807, 2.05) is 6.92 Å². The van der Waals surface area contributed by atoms with Crippen molar-refractivity contribution in [2.75, 3.05) is 7.11 Å². The molecule has 0 saturated heterocycles. The second-order valence-electron chi connectivity index (χ2n) is 6.39. The van der Waals surface area contributed by atoms with Crippen molar-refractivity contribution < 1.29 is 17.9 Å². The highest BCUT2D eigenvalue weighted by atomic mass is 32.2. The van der Waals surface area contributed by atoms with Gasteiger partial charge in [-0.3, -0.25) is 4.98 Å². The molecule has 1 fully saturated rings. The van der Waals surface area contributed by atoms with Crippen LogP contribution in [0.15, 0.2) is 41.7 Å². The molecule has 140 valence electrons. The fourth-order valence-corrected chi connectivity index (χ4v) is 4.51. The van der Waals surface area contributed by atoms with Crippen LogP contribution < -0.4 is 14.2 Å². The molecule has 0 atom stereocenters. The molecule has 1 aliphatic carbocycles. The van der Waals surface area contributed by atoms with Crippen molar-refractivity contribution in [3.05, 3.63) is 42.4 Å². The average molecular weight is 377 g/mol. The standard InChI is InChI=1S/C18H23N3O4S/c1-13-11-16(7-8-17(13)24-2)26(22,23)21-14-3-5-15(6-4-14)25-18-12-19-9-10-20-18/h7-12,14-15,21H,3-6H2,1-2H3.